The van der Waals surface area contributed by atoms with Gasteiger partial charge in [-0.05, 0) is 36.2 Å². The minimum absolute atomic E-state index is 0.122. The first-order valence-electron chi connectivity index (χ1n) is 8.51. The molecular formula is C19H20Cl2FN3O. The van der Waals surface area contributed by atoms with Crippen LogP contribution < -0.4 is 10.2 Å². The van der Waals surface area contributed by atoms with Gasteiger partial charge in [0.2, 0.25) is 0 Å². The second-order valence-corrected chi connectivity index (χ2v) is 6.99. The van der Waals surface area contributed by atoms with Crippen molar-refractivity contribution < 1.29 is 9.18 Å². The lowest BCUT2D eigenvalue weighted by atomic mass is 10.1. The van der Waals surface area contributed by atoms with Gasteiger partial charge in [0.25, 0.3) is 0 Å². The maximum absolute atomic E-state index is 13.6. The number of amides is 2. The molecule has 4 nitrogen and oxygen atoms in total. The van der Waals surface area contributed by atoms with E-state index in [9.17, 15) is 9.18 Å². The van der Waals surface area contributed by atoms with Gasteiger partial charge < -0.3 is 15.1 Å². The Labute approximate surface area is 162 Å². The Morgan fingerprint density at radius 3 is 2.50 bits per heavy atom. The lowest BCUT2D eigenvalue weighted by Gasteiger charge is -2.36. The van der Waals surface area contributed by atoms with E-state index in [0.29, 0.717) is 54.8 Å². The fourth-order valence-corrected chi connectivity index (χ4v) is 3.53. The van der Waals surface area contributed by atoms with Gasteiger partial charge in [-0.1, -0.05) is 41.4 Å². The number of urea groups is 1. The van der Waals surface area contributed by atoms with Crippen molar-refractivity contribution in [1.29, 1.82) is 0 Å². The van der Waals surface area contributed by atoms with Crippen molar-refractivity contribution in [2.24, 2.45) is 0 Å². The molecule has 2 amide bonds. The van der Waals surface area contributed by atoms with E-state index in [1.165, 1.54) is 6.07 Å². The highest BCUT2D eigenvalue weighted by molar-refractivity contribution is 6.36. The van der Waals surface area contributed by atoms with Crippen LogP contribution in [0.4, 0.5) is 14.9 Å². The van der Waals surface area contributed by atoms with Crippen LogP contribution in [0.15, 0.2) is 42.5 Å². The van der Waals surface area contributed by atoms with Gasteiger partial charge in [0.1, 0.15) is 5.82 Å². The SMILES string of the molecule is O=C(NCCc1ccccc1F)N1CCN(c2ccc(Cl)cc2Cl)CC1. The van der Waals surface area contributed by atoms with E-state index in [4.69, 9.17) is 23.2 Å². The van der Waals surface area contributed by atoms with Crippen molar-refractivity contribution >= 4 is 34.9 Å². The van der Waals surface area contributed by atoms with Crippen molar-refractivity contribution in [2.75, 3.05) is 37.6 Å². The van der Waals surface area contributed by atoms with E-state index in [2.05, 4.69) is 10.2 Å². The molecule has 0 bridgehead atoms. The molecule has 0 atom stereocenters. The summed E-state index contributed by atoms with van der Waals surface area (Å²) in [6.07, 6.45) is 0.471. The molecule has 7 heteroatoms. The zero-order chi connectivity index (χ0) is 18.5. The first-order chi connectivity index (χ1) is 12.5. The van der Waals surface area contributed by atoms with Crippen LogP contribution >= 0.6 is 23.2 Å². The van der Waals surface area contributed by atoms with Crippen molar-refractivity contribution in [3.63, 3.8) is 0 Å². The van der Waals surface area contributed by atoms with Crippen LogP contribution in [0, 0.1) is 5.82 Å². The Morgan fingerprint density at radius 1 is 1.08 bits per heavy atom. The molecule has 1 aliphatic rings. The summed E-state index contributed by atoms with van der Waals surface area (Å²) in [4.78, 5) is 16.2. The second kappa shape index (κ2) is 8.60. The number of carbonyl (C=O) groups is 1. The fraction of sp³-hybridized carbons (Fsp3) is 0.316. The van der Waals surface area contributed by atoms with Gasteiger partial charge in [-0.3, -0.25) is 0 Å². The smallest absolute Gasteiger partial charge is 0.317 e. The predicted molar refractivity (Wildman–Crippen MR) is 104 cm³/mol. The molecule has 1 saturated heterocycles. The summed E-state index contributed by atoms with van der Waals surface area (Å²) in [6.45, 7) is 3.00. The van der Waals surface area contributed by atoms with Gasteiger partial charge in [0.15, 0.2) is 0 Å². The Bertz CT molecular complexity index is 779. The minimum Gasteiger partial charge on any atom is -0.367 e. The highest BCUT2D eigenvalue weighted by Crippen LogP contribution is 2.29. The zero-order valence-electron chi connectivity index (χ0n) is 14.2. The van der Waals surface area contributed by atoms with Gasteiger partial charge in [-0.25, -0.2) is 9.18 Å². The number of rotatable bonds is 4. The first-order valence-corrected chi connectivity index (χ1v) is 9.26. The molecule has 1 fully saturated rings. The van der Waals surface area contributed by atoms with Crippen molar-refractivity contribution in [2.45, 2.75) is 6.42 Å². The van der Waals surface area contributed by atoms with E-state index in [1.807, 2.05) is 12.1 Å². The van der Waals surface area contributed by atoms with Gasteiger partial charge in [-0.2, -0.15) is 0 Å². The van der Waals surface area contributed by atoms with Crippen LogP contribution in [0.2, 0.25) is 10.0 Å². The molecular weight excluding hydrogens is 376 g/mol. The number of carbonyl (C=O) groups excluding carboxylic acids is 1. The van der Waals surface area contributed by atoms with E-state index in [0.717, 1.165) is 5.69 Å². The number of piperazine rings is 1. The first kappa shape index (κ1) is 18.8. The van der Waals surface area contributed by atoms with Crippen LogP contribution in [0.3, 0.4) is 0 Å². The number of benzene rings is 2. The quantitative estimate of drug-likeness (QED) is 0.841. The molecule has 0 spiro atoms. The topological polar surface area (TPSA) is 35.6 Å². The third-order valence-corrected chi connectivity index (χ3v) is 4.98. The molecule has 2 aromatic rings. The van der Waals surface area contributed by atoms with Gasteiger partial charge >= 0.3 is 6.03 Å². The zero-order valence-corrected chi connectivity index (χ0v) is 15.7. The molecule has 0 saturated carbocycles. The van der Waals surface area contributed by atoms with E-state index in [1.54, 1.807) is 29.2 Å². The summed E-state index contributed by atoms with van der Waals surface area (Å²) in [5.74, 6) is -0.241. The number of halogens is 3. The summed E-state index contributed by atoms with van der Waals surface area (Å²) in [5, 5.41) is 4.07. The highest BCUT2D eigenvalue weighted by atomic mass is 35.5. The Kier molecular flexibility index (Phi) is 6.22. The standard InChI is InChI=1S/C19H20Cl2FN3O/c20-15-5-6-18(16(21)13-15)24-9-11-25(12-10-24)19(26)23-8-7-14-3-1-2-4-17(14)22/h1-6,13H,7-12H2,(H,23,26). The molecule has 1 aliphatic heterocycles. The number of nitrogens with zero attached hydrogens (tertiary/aromatic N) is 2. The van der Waals surface area contributed by atoms with Crippen LogP contribution in [0.25, 0.3) is 0 Å². The molecule has 2 aromatic carbocycles. The molecule has 0 unspecified atom stereocenters. The Balaban J connectivity index is 1.47. The van der Waals surface area contributed by atoms with Crippen LogP contribution in [0.5, 0.6) is 0 Å². The molecule has 1 heterocycles. The Morgan fingerprint density at radius 2 is 1.81 bits per heavy atom. The van der Waals surface area contributed by atoms with Gasteiger partial charge in [0.05, 0.1) is 10.7 Å². The highest BCUT2D eigenvalue weighted by Gasteiger charge is 2.22. The summed E-state index contributed by atoms with van der Waals surface area (Å²) < 4.78 is 13.6. The van der Waals surface area contributed by atoms with Crippen LogP contribution in [-0.2, 0) is 6.42 Å². The number of nitrogens with one attached hydrogen (secondary N) is 1. The third kappa shape index (κ3) is 4.59. The maximum atomic E-state index is 13.6. The van der Waals surface area contributed by atoms with Gasteiger partial charge in [-0.15, -0.1) is 0 Å². The summed E-state index contributed by atoms with van der Waals surface area (Å²) >= 11 is 12.2. The van der Waals surface area contributed by atoms with E-state index < -0.39 is 0 Å². The number of hydrogen-bond acceptors (Lipinski definition) is 2. The molecule has 3 rings (SSSR count). The number of anilines is 1. The monoisotopic (exact) mass is 395 g/mol. The molecule has 0 radical (unpaired) electrons. The van der Waals surface area contributed by atoms with Crippen LogP contribution in [0.1, 0.15) is 5.56 Å². The largest absolute Gasteiger partial charge is 0.367 e. The predicted octanol–water partition coefficient (Wildman–Crippen LogP) is 4.21. The van der Waals surface area contributed by atoms with Crippen molar-refractivity contribution in [3.8, 4) is 0 Å². The third-order valence-electron chi connectivity index (χ3n) is 4.45. The molecule has 0 aliphatic carbocycles. The summed E-state index contributed by atoms with van der Waals surface area (Å²) in [5.41, 5.74) is 1.53. The number of hydrogen-bond donors (Lipinski definition) is 1. The molecule has 0 aromatic heterocycles. The lowest BCUT2D eigenvalue weighted by molar-refractivity contribution is 0.194. The Hall–Kier alpha value is -1.98. The van der Waals surface area contributed by atoms with Gasteiger partial charge in [0, 0.05) is 37.7 Å². The van der Waals surface area contributed by atoms with Crippen molar-refractivity contribution in [1.82, 2.24) is 10.2 Å². The molecule has 138 valence electrons. The van der Waals surface area contributed by atoms with Crippen molar-refractivity contribution in [3.05, 3.63) is 63.9 Å². The minimum atomic E-state index is -0.241. The fourth-order valence-electron chi connectivity index (χ4n) is 3.01. The lowest BCUT2D eigenvalue weighted by Crippen LogP contribution is -2.52. The second-order valence-electron chi connectivity index (χ2n) is 6.14. The normalized spacial score (nSPS) is 14.4. The van der Waals surface area contributed by atoms with E-state index >= 15 is 0 Å². The average Bonchev–Trinajstić information content (AvgIpc) is 2.63. The summed E-state index contributed by atoms with van der Waals surface area (Å²) in [6, 6.07) is 11.9. The maximum Gasteiger partial charge on any atom is 0.317 e. The average molecular weight is 396 g/mol. The summed E-state index contributed by atoms with van der Waals surface area (Å²) in [7, 11) is 0. The van der Waals surface area contributed by atoms with E-state index in [-0.39, 0.29) is 11.8 Å². The molecule has 26 heavy (non-hydrogen) atoms. The molecule has 1 N–H and O–H groups in total. The van der Waals surface area contributed by atoms with Crippen LogP contribution in [-0.4, -0.2) is 43.7 Å².